The van der Waals surface area contributed by atoms with Gasteiger partial charge in [0.1, 0.15) is 24.8 Å². The van der Waals surface area contributed by atoms with Gasteiger partial charge in [-0.1, -0.05) is 31.6 Å². The fraction of sp³-hybridized carbons (Fsp3) is 0.312. The van der Waals surface area contributed by atoms with Gasteiger partial charge >= 0.3 is 0 Å². The number of nitrogens with zero attached hydrogens (tertiary/aromatic N) is 2. The molecule has 0 aliphatic rings. The minimum Gasteiger partial charge on any atom is -0.384 e. The quantitative estimate of drug-likeness (QED) is 0.826. The van der Waals surface area contributed by atoms with Crippen molar-refractivity contribution in [3.05, 3.63) is 48.0 Å². The molecule has 3 N–H and O–H groups in total. The number of carbonyl (C=O) groups is 1. The molecule has 0 amide bonds. The summed E-state index contributed by atoms with van der Waals surface area (Å²) in [5, 5.41) is 3.13. The second-order valence-electron chi connectivity index (χ2n) is 3.94. The topological polar surface area (TPSA) is 80.9 Å². The van der Waals surface area contributed by atoms with Gasteiger partial charge in [0.2, 0.25) is 0 Å². The monoisotopic (exact) mass is 290 g/mol. The predicted molar refractivity (Wildman–Crippen MR) is 90.9 cm³/mol. The van der Waals surface area contributed by atoms with E-state index in [1.54, 1.807) is 12.1 Å². The fourth-order valence-electron chi connectivity index (χ4n) is 1.11. The summed E-state index contributed by atoms with van der Waals surface area (Å²) in [7, 11) is 0. The molecule has 1 aromatic heterocycles. The highest BCUT2D eigenvalue weighted by atomic mass is 16.1. The maximum atomic E-state index is 8.00. The largest absolute Gasteiger partial charge is 0.384 e. The molecule has 1 rings (SSSR count). The Morgan fingerprint density at radius 3 is 2.24 bits per heavy atom. The lowest BCUT2D eigenvalue weighted by Gasteiger charge is -2.07. The number of aromatic nitrogens is 2. The highest BCUT2D eigenvalue weighted by Gasteiger charge is 1.98. The molecule has 116 valence electrons. The van der Waals surface area contributed by atoms with E-state index in [1.807, 2.05) is 26.7 Å². The molecule has 0 atom stereocenters. The highest BCUT2D eigenvalue weighted by Crippen LogP contribution is 2.12. The van der Waals surface area contributed by atoms with Crippen LogP contribution in [0, 0.1) is 0 Å². The number of rotatable bonds is 4. The maximum Gasteiger partial charge on any atom is 0.135 e. The van der Waals surface area contributed by atoms with Crippen LogP contribution in [0.4, 0.5) is 11.6 Å². The highest BCUT2D eigenvalue weighted by molar-refractivity contribution is 5.50. The summed E-state index contributed by atoms with van der Waals surface area (Å²) in [5.74, 6) is 1.09. The third-order valence-corrected chi connectivity index (χ3v) is 2.34. The first-order valence-electron chi connectivity index (χ1n) is 6.64. The molecule has 0 spiro atoms. The molecule has 0 aliphatic heterocycles. The van der Waals surface area contributed by atoms with Crippen LogP contribution in [0.15, 0.2) is 48.0 Å². The van der Waals surface area contributed by atoms with Crippen LogP contribution in [-0.2, 0) is 4.79 Å². The van der Waals surface area contributed by atoms with Crippen LogP contribution < -0.4 is 11.1 Å². The molecule has 0 aliphatic carbocycles. The third-order valence-electron chi connectivity index (χ3n) is 2.34. The smallest absolute Gasteiger partial charge is 0.135 e. The van der Waals surface area contributed by atoms with Crippen molar-refractivity contribution < 1.29 is 4.79 Å². The number of anilines is 2. The molecular formula is C16H26N4O. The van der Waals surface area contributed by atoms with Crippen LogP contribution in [-0.4, -0.2) is 16.8 Å². The van der Waals surface area contributed by atoms with Crippen molar-refractivity contribution in [2.24, 2.45) is 0 Å². The third kappa shape index (κ3) is 9.15. The molecule has 5 nitrogen and oxygen atoms in total. The molecule has 0 bridgehead atoms. The van der Waals surface area contributed by atoms with Crippen LogP contribution in [0.3, 0.4) is 0 Å². The van der Waals surface area contributed by atoms with Crippen LogP contribution in [0.1, 0.15) is 34.6 Å². The molecule has 1 heterocycles. The van der Waals surface area contributed by atoms with Gasteiger partial charge in [-0.25, -0.2) is 9.97 Å². The van der Waals surface area contributed by atoms with E-state index in [-0.39, 0.29) is 0 Å². The van der Waals surface area contributed by atoms with Crippen molar-refractivity contribution in [1.29, 1.82) is 0 Å². The Morgan fingerprint density at radius 1 is 1.24 bits per heavy atom. The number of nitrogen functional groups attached to an aromatic ring is 1. The van der Waals surface area contributed by atoms with E-state index in [1.165, 1.54) is 17.5 Å². The Bertz CT molecular complexity index is 489. The molecule has 0 aromatic carbocycles. The van der Waals surface area contributed by atoms with Gasteiger partial charge in [-0.15, -0.1) is 0 Å². The van der Waals surface area contributed by atoms with Crippen LogP contribution in [0.2, 0.25) is 0 Å². The number of carbonyl (C=O) groups excluding carboxylic acids is 1. The molecule has 0 saturated carbocycles. The lowest BCUT2D eigenvalue weighted by molar-refractivity contribution is -0.0979. The van der Waals surface area contributed by atoms with E-state index < -0.39 is 0 Å². The summed E-state index contributed by atoms with van der Waals surface area (Å²) in [6, 6.07) is 1.68. The first kappa shape index (κ1) is 20.9. The predicted octanol–water partition coefficient (Wildman–Crippen LogP) is 3.74. The van der Waals surface area contributed by atoms with E-state index in [9.17, 15) is 0 Å². The summed E-state index contributed by atoms with van der Waals surface area (Å²) in [6.07, 6.45) is 5.18. The van der Waals surface area contributed by atoms with Gasteiger partial charge in [0.15, 0.2) is 0 Å². The van der Waals surface area contributed by atoms with Gasteiger partial charge in [0, 0.05) is 11.8 Å². The second kappa shape index (κ2) is 12.6. The second-order valence-corrected chi connectivity index (χ2v) is 3.94. The average Bonchev–Trinajstić information content (AvgIpc) is 2.50. The lowest BCUT2D eigenvalue weighted by Crippen LogP contribution is -2.01. The summed E-state index contributed by atoms with van der Waals surface area (Å²) in [4.78, 5) is 15.9. The minimum absolute atomic E-state index is 0.435. The Morgan fingerprint density at radius 2 is 1.81 bits per heavy atom. The van der Waals surface area contributed by atoms with Crippen molar-refractivity contribution in [1.82, 2.24) is 9.97 Å². The number of hydrogen-bond acceptors (Lipinski definition) is 5. The standard InChI is InChI=1S/C13H18N4.C2H6.CH2O/c1-5-11(6-10(4)9(2)3)17-13-7-12(14)15-8-16-13;2*1-2/h5-8H,1H2,2-4H3,(H3,14,15,16,17);1-2H3;1H2/b11-6+;;. The van der Waals surface area contributed by atoms with Gasteiger partial charge in [-0.3, -0.25) is 0 Å². The maximum absolute atomic E-state index is 8.00. The first-order chi connectivity index (χ1) is 10.0. The SMILES string of the molecule is C=C/C(=C\C(C)=C(C)C)Nc1cc(N)ncn1.C=O.CC. The average molecular weight is 290 g/mol. The minimum atomic E-state index is 0.435. The lowest BCUT2D eigenvalue weighted by atomic mass is 10.1. The Balaban J connectivity index is 0. The first-order valence-corrected chi connectivity index (χ1v) is 6.64. The normalized spacial score (nSPS) is 9.29. The van der Waals surface area contributed by atoms with Crippen molar-refractivity contribution in [2.45, 2.75) is 34.6 Å². The van der Waals surface area contributed by atoms with Crippen molar-refractivity contribution in [3.63, 3.8) is 0 Å². The number of nitrogens with one attached hydrogen (secondary N) is 1. The van der Waals surface area contributed by atoms with E-state index in [0.717, 1.165) is 5.70 Å². The molecule has 0 saturated heterocycles. The van der Waals surface area contributed by atoms with Crippen LogP contribution >= 0.6 is 0 Å². The van der Waals surface area contributed by atoms with E-state index in [4.69, 9.17) is 10.5 Å². The van der Waals surface area contributed by atoms with Gasteiger partial charge in [0.25, 0.3) is 0 Å². The molecule has 1 aromatic rings. The molecule has 21 heavy (non-hydrogen) atoms. The summed E-state index contributed by atoms with van der Waals surface area (Å²) in [6.45, 7) is 15.9. The zero-order valence-electron chi connectivity index (χ0n) is 13.6. The summed E-state index contributed by atoms with van der Waals surface area (Å²) < 4.78 is 0. The molecule has 0 unspecified atom stereocenters. The van der Waals surface area contributed by atoms with Crippen molar-refractivity contribution >= 4 is 18.4 Å². The van der Waals surface area contributed by atoms with Gasteiger partial charge in [-0.05, 0) is 32.9 Å². The zero-order valence-corrected chi connectivity index (χ0v) is 13.6. The number of allylic oxidation sites excluding steroid dienone is 4. The van der Waals surface area contributed by atoms with E-state index >= 15 is 0 Å². The number of nitrogens with two attached hydrogens (primary N) is 1. The van der Waals surface area contributed by atoms with Gasteiger partial charge < -0.3 is 15.8 Å². The Kier molecular flexibility index (Phi) is 12.5. The van der Waals surface area contributed by atoms with Gasteiger partial charge in [-0.2, -0.15) is 0 Å². The van der Waals surface area contributed by atoms with Crippen molar-refractivity contribution in [2.75, 3.05) is 11.1 Å². The van der Waals surface area contributed by atoms with E-state index in [0.29, 0.717) is 11.6 Å². The van der Waals surface area contributed by atoms with Gasteiger partial charge in [0.05, 0.1) is 0 Å². The fourth-order valence-corrected chi connectivity index (χ4v) is 1.11. The number of hydrogen-bond donors (Lipinski definition) is 2. The van der Waals surface area contributed by atoms with Crippen LogP contribution in [0.5, 0.6) is 0 Å². The van der Waals surface area contributed by atoms with E-state index in [2.05, 4.69) is 42.6 Å². The van der Waals surface area contributed by atoms with Crippen LogP contribution in [0.25, 0.3) is 0 Å². The molecule has 0 fully saturated rings. The Hall–Kier alpha value is -2.43. The molecule has 0 radical (unpaired) electrons. The molecule has 5 heteroatoms. The summed E-state index contributed by atoms with van der Waals surface area (Å²) >= 11 is 0. The molecular weight excluding hydrogens is 264 g/mol. The Labute approximate surface area is 127 Å². The zero-order chi connectivity index (χ0) is 16.8. The summed E-state index contributed by atoms with van der Waals surface area (Å²) in [5.41, 5.74) is 8.90. The van der Waals surface area contributed by atoms with Crippen molar-refractivity contribution in [3.8, 4) is 0 Å².